The number of hydrogen-bond donors (Lipinski definition) is 0. The molecule has 0 radical (unpaired) electrons. The fourth-order valence-electron chi connectivity index (χ4n) is 2.49. The van der Waals surface area contributed by atoms with E-state index in [0.29, 0.717) is 18.0 Å². The molecule has 1 aliphatic heterocycles. The van der Waals surface area contributed by atoms with E-state index in [1.807, 2.05) is 18.2 Å². The van der Waals surface area contributed by atoms with E-state index in [1.165, 1.54) is 7.11 Å². The van der Waals surface area contributed by atoms with E-state index in [9.17, 15) is 4.79 Å². The van der Waals surface area contributed by atoms with Gasteiger partial charge in [0.15, 0.2) is 6.10 Å². The van der Waals surface area contributed by atoms with Gasteiger partial charge in [-0.1, -0.05) is 6.08 Å². The molecule has 0 bridgehead atoms. The molecule has 0 unspecified atom stereocenters. The van der Waals surface area contributed by atoms with Crippen molar-refractivity contribution in [2.45, 2.75) is 12.1 Å². The van der Waals surface area contributed by atoms with Gasteiger partial charge >= 0.3 is 0 Å². The zero-order chi connectivity index (χ0) is 14.7. The number of carbonyl (C=O) groups is 1. The Morgan fingerprint density at radius 1 is 1.30 bits per heavy atom. The average Bonchev–Trinajstić information content (AvgIpc) is 2.49. The monoisotopic (exact) mass is 277 g/mol. The second-order valence-corrected chi connectivity index (χ2v) is 4.49. The van der Waals surface area contributed by atoms with Gasteiger partial charge in [-0.3, -0.25) is 4.79 Å². The van der Waals surface area contributed by atoms with Crippen LogP contribution in [0.4, 0.5) is 0 Å². The normalized spacial score (nSPS) is 21.4. The Balaban J connectivity index is 2.41. The highest BCUT2D eigenvalue weighted by atomic mass is 16.5. The van der Waals surface area contributed by atoms with E-state index < -0.39 is 6.10 Å². The molecule has 108 valence electrons. The van der Waals surface area contributed by atoms with Crippen molar-refractivity contribution in [1.82, 2.24) is 4.90 Å². The third kappa shape index (κ3) is 2.25. The lowest BCUT2D eigenvalue weighted by atomic mass is 9.89. The van der Waals surface area contributed by atoms with Gasteiger partial charge in [0.25, 0.3) is 5.91 Å². The molecule has 20 heavy (non-hydrogen) atoms. The Bertz CT molecular complexity index is 515. The summed E-state index contributed by atoms with van der Waals surface area (Å²) in [4.78, 5) is 13.7. The standard InChI is InChI=1S/C15H19NO4/c1-5-8-16-13(14(20-4)15(16)17)11-9-10(18-2)6-7-12(11)19-3/h5-7,9,13-14H,1,8H2,2-4H3/t13-,14+/m0/s1. The molecular weight excluding hydrogens is 258 g/mol. The molecule has 1 aromatic carbocycles. The van der Waals surface area contributed by atoms with Gasteiger partial charge in [0, 0.05) is 19.2 Å². The van der Waals surface area contributed by atoms with Gasteiger partial charge in [0.05, 0.1) is 20.3 Å². The van der Waals surface area contributed by atoms with Crippen molar-refractivity contribution in [1.29, 1.82) is 0 Å². The summed E-state index contributed by atoms with van der Waals surface area (Å²) in [7, 11) is 4.74. The van der Waals surface area contributed by atoms with Gasteiger partial charge < -0.3 is 19.1 Å². The lowest BCUT2D eigenvalue weighted by molar-refractivity contribution is -0.169. The van der Waals surface area contributed by atoms with Gasteiger partial charge in [-0.2, -0.15) is 0 Å². The molecule has 2 rings (SSSR count). The Morgan fingerprint density at radius 3 is 2.60 bits per heavy atom. The Labute approximate surface area is 118 Å². The van der Waals surface area contributed by atoms with Crippen molar-refractivity contribution in [3.05, 3.63) is 36.4 Å². The number of benzene rings is 1. The highest BCUT2D eigenvalue weighted by Gasteiger charge is 2.49. The van der Waals surface area contributed by atoms with Gasteiger partial charge in [-0.05, 0) is 18.2 Å². The zero-order valence-electron chi connectivity index (χ0n) is 12.0. The minimum atomic E-state index is -0.490. The van der Waals surface area contributed by atoms with Gasteiger partial charge in [0.1, 0.15) is 11.5 Å². The summed E-state index contributed by atoms with van der Waals surface area (Å²) < 4.78 is 15.9. The minimum absolute atomic E-state index is 0.0396. The second kappa shape index (κ2) is 5.96. The first kappa shape index (κ1) is 14.4. The molecule has 0 aromatic heterocycles. The lowest BCUT2D eigenvalue weighted by Gasteiger charge is -2.46. The van der Waals surface area contributed by atoms with Crippen molar-refractivity contribution in [2.75, 3.05) is 27.9 Å². The molecule has 1 amide bonds. The topological polar surface area (TPSA) is 48.0 Å². The second-order valence-electron chi connectivity index (χ2n) is 4.49. The minimum Gasteiger partial charge on any atom is -0.497 e. The van der Waals surface area contributed by atoms with Crippen LogP contribution >= 0.6 is 0 Å². The summed E-state index contributed by atoms with van der Waals surface area (Å²) in [6.45, 7) is 4.16. The van der Waals surface area contributed by atoms with E-state index >= 15 is 0 Å². The maximum absolute atomic E-state index is 12.0. The largest absolute Gasteiger partial charge is 0.497 e. The number of amides is 1. The number of ether oxygens (including phenoxy) is 3. The number of likely N-dealkylation sites (tertiary alicyclic amines) is 1. The van der Waals surface area contributed by atoms with Crippen LogP contribution in [0.2, 0.25) is 0 Å². The van der Waals surface area contributed by atoms with Crippen LogP contribution in [-0.4, -0.2) is 44.8 Å². The van der Waals surface area contributed by atoms with Crippen LogP contribution in [0.1, 0.15) is 11.6 Å². The number of carbonyl (C=O) groups excluding carboxylic acids is 1. The number of nitrogens with zero attached hydrogens (tertiary/aromatic N) is 1. The number of hydrogen-bond acceptors (Lipinski definition) is 4. The molecule has 5 nitrogen and oxygen atoms in total. The molecule has 2 atom stereocenters. The van der Waals surface area contributed by atoms with E-state index in [0.717, 1.165) is 5.56 Å². The fourth-order valence-corrected chi connectivity index (χ4v) is 2.49. The lowest BCUT2D eigenvalue weighted by Crippen LogP contribution is -2.59. The molecule has 0 N–H and O–H groups in total. The molecule has 0 spiro atoms. The number of β-lactam (4-membered cyclic amide) rings is 1. The van der Waals surface area contributed by atoms with Crippen LogP contribution in [-0.2, 0) is 9.53 Å². The summed E-state index contributed by atoms with van der Waals surface area (Å²) >= 11 is 0. The molecule has 1 fully saturated rings. The fraction of sp³-hybridized carbons (Fsp3) is 0.400. The number of rotatable bonds is 6. The van der Waals surface area contributed by atoms with Crippen molar-refractivity contribution in [3.63, 3.8) is 0 Å². The number of methoxy groups -OCH3 is 3. The van der Waals surface area contributed by atoms with E-state index in [4.69, 9.17) is 14.2 Å². The summed E-state index contributed by atoms with van der Waals surface area (Å²) in [5.74, 6) is 1.38. The molecule has 1 saturated heterocycles. The highest BCUT2D eigenvalue weighted by Crippen LogP contribution is 2.42. The molecular formula is C15H19NO4. The quantitative estimate of drug-likeness (QED) is 0.587. The smallest absolute Gasteiger partial charge is 0.255 e. The van der Waals surface area contributed by atoms with Crippen molar-refractivity contribution in [3.8, 4) is 11.5 Å². The van der Waals surface area contributed by atoms with Crippen molar-refractivity contribution >= 4 is 5.91 Å². The Morgan fingerprint density at radius 2 is 2.05 bits per heavy atom. The van der Waals surface area contributed by atoms with Crippen LogP contribution in [0.25, 0.3) is 0 Å². The van der Waals surface area contributed by atoms with Crippen LogP contribution in [0.15, 0.2) is 30.9 Å². The van der Waals surface area contributed by atoms with Crippen LogP contribution < -0.4 is 9.47 Å². The van der Waals surface area contributed by atoms with E-state index in [2.05, 4.69) is 6.58 Å². The predicted molar refractivity (Wildman–Crippen MR) is 75.0 cm³/mol. The van der Waals surface area contributed by atoms with E-state index in [1.54, 1.807) is 25.2 Å². The van der Waals surface area contributed by atoms with Crippen LogP contribution in [0.3, 0.4) is 0 Å². The predicted octanol–water partition coefficient (Wildman–Crippen LogP) is 1.79. The summed E-state index contributed by atoms with van der Waals surface area (Å²) in [5, 5.41) is 0. The van der Waals surface area contributed by atoms with Gasteiger partial charge in [-0.25, -0.2) is 0 Å². The molecule has 5 heteroatoms. The Kier molecular flexibility index (Phi) is 4.29. The maximum Gasteiger partial charge on any atom is 0.255 e. The first-order valence-electron chi connectivity index (χ1n) is 6.34. The molecule has 1 aromatic rings. The first-order chi connectivity index (χ1) is 9.67. The highest BCUT2D eigenvalue weighted by molar-refractivity contribution is 5.89. The first-order valence-corrected chi connectivity index (χ1v) is 6.34. The Hall–Kier alpha value is -2.01. The van der Waals surface area contributed by atoms with Crippen molar-refractivity contribution in [2.24, 2.45) is 0 Å². The van der Waals surface area contributed by atoms with Crippen LogP contribution in [0, 0.1) is 0 Å². The molecule has 1 aliphatic rings. The van der Waals surface area contributed by atoms with Crippen molar-refractivity contribution < 1.29 is 19.0 Å². The third-order valence-corrected chi connectivity index (χ3v) is 3.48. The summed E-state index contributed by atoms with van der Waals surface area (Å²) in [5.41, 5.74) is 0.875. The summed E-state index contributed by atoms with van der Waals surface area (Å²) in [6.07, 6.45) is 1.21. The van der Waals surface area contributed by atoms with E-state index in [-0.39, 0.29) is 11.9 Å². The van der Waals surface area contributed by atoms with Gasteiger partial charge in [0.2, 0.25) is 0 Å². The average molecular weight is 277 g/mol. The van der Waals surface area contributed by atoms with Gasteiger partial charge in [-0.15, -0.1) is 6.58 Å². The third-order valence-electron chi connectivity index (χ3n) is 3.48. The SMILES string of the molecule is C=CCN1C(=O)[C@H](OC)[C@@H]1c1cc(OC)ccc1OC. The molecule has 0 saturated carbocycles. The van der Waals surface area contributed by atoms with Crippen LogP contribution in [0.5, 0.6) is 11.5 Å². The summed E-state index contributed by atoms with van der Waals surface area (Å²) in [6, 6.07) is 5.34. The molecule has 1 heterocycles. The maximum atomic E-state index is 12.0. The molecule has 0 aliphatic carbocycles. The zero-order valence-corrected chi connectivity index (χ0v) is 12.0.